The fourth-order valence-corrected chi connectivity index (χ4v) is 1.88. The van der Waals surface area contributed by atoms with Gasteiger partial charge in [0.25, 0.3) is 0 Å². The van der Waals surface area contributed by atoms with Crippen LogP contribution < -0.4 is 10.1 Å². The summed E-state index contributed by atoms with van der Waals surface area (Å²) in [5, 5.41) is 3.38. The summed E-state index contributed by atoms with van der Waals surface area (Å²) in [7, 11) is 1.69. The molecule has 0 aliphatic heterocycles. The predicted molar refractivity (Wildman–Crippen MR) is 77.6 cm³/mol. The summed E-state index contributed by atoms with van der Waals surface area (Å²) in [4.78, 5) is 7.08. The number of anilines is 1. The zero-order valence-corrected chi connectivity index (χ0v) is 11.9. The molecule has 19 heavy (non-hydrogen) atoms. The van der Waals surface area contributed by atoms with E-state index in [1.807, 2.05) is 12.3 Å². The van der Waals surface area contributed by atoms with Crippen molar-refractivity contribution in [3.8, 4) is 5.75 Å². The molecule has 1 heterocycles. The lowest BCUT2D eigenvalue weighted by atomic mass is 9.87. The third-order valence-corrected chi connectivity index (χ3v) is 3.09. The monoisotopic (exact) mass is 259 g/mol. The molecule has 0 spiro atoms. The van der Waals surface area contributed by atoms with Crippen LogP contribution in [0.1, 0.15) is 32.0 Å². The van der Waals surface area contributed by atoms with Gasteiger partial charge in [0.2, 0.25) is 0 Å². The van der Waals surface area contributed by atoms with Crippen LogP contribution in [-0.4, -0.2) is 17.1 Å². The number of aromatic nitrogens is 2. The van der Waals surface area contributed by atoms with Gasteiger partial charge in [-0.25, -0.2) is 4.98 Å². The predicted octanol–water partition coefficient (Wildman–Crippen LogP) is 3.33. The van der Waals surface area contributed by atoms with Crippen LogP contribution in [-0.2, 0) is 12.0 Å². The lowest BCUT2D eigenvalue weighted by molar-refractivity contribution is 0.416. The van der Waals surface area contributed by atoms with Crippen molar-refractivity contribution in [3.63, 3.8) is 0 Å². The minimum absolute atomic E-state index is 0.122. The zero-order chi connectivity index (χ0) is 13.9. The lowest BCUT2D eigenvalue weighted by Gasteiger charge is -2.21. The van der Waals surface area contributed by atoms with Gasteiger partial charge < -0.3 is 15.0 Å². The van der Waals surface area contributed by atoms with Gasteiger partial charge in [0.1, 0.15) is 5.75 Å². The maximum absolute atomic E-state index is 5.39. The standard InChI is InChI=1S/C15H21N3O/c1-15(2,3)11-5-6-14(19-4)13(7-11)17-9-12-8-16-10-18-12/h5-8,10,17H,9H2,1-4H3,(H,16,18). The number of nitrogens with zero attached hydrogens (tertiary/aromatic N) is 1. The van der Waals surface area contributed by atoms with Crippen molar-refractivity contribution < 1.29 is 4.74 Å². The Hall–Kier alpha value is -1.97. The fourth-order valence-electron chi connectivity index (χ4n) is 1.88. The third kappa shape index (κ3) is 3.28. The van der Waals surface area contributed by atoms with Crippen molar-refractivity contribution >= 4 is 5.69 Å². The van der Waals surface area contributed by atoms with Crippen LogP contribution in [0.15, 0.2) is 30.7 Å². The van der Waals surface area contributed by atoms with E-state index in [0.717, 1.165) is 17.1 Å². The molecule has 1 aromatic carbocycles. The number of imidazole rings is 1. The summed E-state index contributed by atoms with van der Waals surface area (Å²) in [5.41, 5.74) is 3.45. The first-order valence-corrected chi connectivity index (χ1v) is 6.40. The largest absolute Gasteiger partial charge is 0.495 e. The van der Waals surface area contributed by atoms with E-state index in [0.29, 0.717) is 6.54 Å². The van der Waals surface area contributed by atoms with Crippen LogP contribution in [0.25, 0.3) is 0 Å². The summed E-state index contributed by atoms with van der Waals surface area (Å²) in [6.45, 7) is 7.30. The van der Waals surface area contributed by atoms with Gasteiger partial charge in [0.05, 0.1) is 31.4 Å². The average Bonchev–Trinajstić information content (AvgIpc) is 2.88. The van der Waals surface area contributed by atoms with Gasteiger partial charge in [-0.3, -0.25) is 0 Å². The average molecular weight is 259 g/mol. The van der Waals surface area contributed by atoms with E-state index >= 15 is 0 Å². The molecule has 1 aromatic heterocycles. The smallest absolute Gasteiger partial charge is 0.141 e. The zero-order valence-electron chi connectivity index (χ0n) is 11.9. The van der Waals surface area contributed by atoms with Gasteiger partial charge >= 0.3 is 0 Å². The van der Waals surface area contributed by atoms with E-state index in [1.165, 1.54) is 5.56 Å². The molecule has 0 atom stereocenters. The van der Waals surface area contributed by atoms with E-state index in [2.05, 4.69) is 48.2 Å². The third-order valence-electron chi connectivity index (χ3n) is 3.09. The molecule has 2 N–H and O–H groups in total. The lowest BCUT2D eigenvalue weighted by Crippen LogP contribution is -2.12. The van der Waals surface area contributed by atoms with E-state index in [-0.39, 0.29) is 5.41 Å². The molecule has 0 aliphatic carbocycles. The maximum Gasteiger partial charge on any atom is 0.141 e. The van der Waals surface area contributed by atoms with Crippen LogP contribution in [0, 0.1) is 0 Å². The highest BCUT2D eigenvalue weighted by Crippen LogP contribution is 2.31. The minimum Gasteiger partial charge on any atom is -0.495 e. The molecule has 0 aliphatic rings. The van der Waals surface area contributed by atoms with Gasteiger partial charge in [-0.15, -0.1) is 0 Å². The number of aromatic amines is 1. The fraction of sp³-hybridized carbons (Fsp3) is 0.400. The molecule has 2 rings (SSSR count). The van der Waals surface area contributed by atoms with E-state index in [4.69, 9.17) is 4.74 Å². The molecule has 4 heteroatoms. The molecule has 102 valence electrons. The van der Waals surface area contributed by atoms with E-state index < -0.39 is 0 Å². The summed E-state index contributed by atoms with van der Waals surface area (Å²) in [5.74, 6) is 0.854. The molecule has 4 nitrogen and oxygen atoms in total. The van der Waals surface area contributed by atoms with Gasteiger partial charge in [-0.05, 0) is 23.1 Å². The number of methoxy groups -OCH3 is 1. The number of hydrogen-bond acceptors (Lipinski definition) is 3. The Morgan fingerprint density at radius 2 is 2.11 bits per heavy atom. The Morgan fingerprint density at radius 1 is 1.32 bits per heavy atom. The molecule has 0 amide bonds. The van der Waals surface area contributed by atoms with Crippen molar-refractivity contribution in [2.45, 2.75) is 32.7 Å². The van der Waals surface area contributed by atoms with Crippen LogP contribution in [0.4, 0.5) is 5.69 Å². The Bertz CT molecular complexity index is 527. The van der Waals surface area contributed by atoms with Crippen molar-refractivity contribution in [2.24, 2.45) is 0 Å². The van der Waals surface area contributed by atoms with Crippen LogP contribution in [0.3, 0.4) is 0 Å². The molecule has 0 saturated carbocycles. The van der Waals surface area contributed by atoms with Crippen molar-refractivity contribution in [3.05, 3.63) is 42.0 Å². The van der Waals surface area contributed by atoms with Crippen LogP contribution >= 0.6 is 0 Å². The van der Waals surface area contributed by atoms with Gasteiger partial charge in [-0.2, -0.15) is 0 Å². The van der Waals surface area contributed by atoms with Crippen LogP contribution in [0.2, 0.25) is 0 Å². The quantitative estimate of drug-likeness (QED) is 0.885. The Kier molecular flexibility index (Phi) is 3.79. The number of benzene rings is 1. The Morgan fingerprint density at radius 3 is 2.68 bits per heavy atom. The molecule has 0 unspecified atom stereocenters. The van der Waals surface area contributed by atoms with Crippen molar-refractivity contribution in [1.82, 2.24) is 9.97 Å². The number of rotatable bonds is 4. The molecule has 0 fully saturated rings. The molecule has 0 saturated heterocycles. The summed E-state index contributed by atoms with van der Waals surface area (Å²) >= 11 is 0. The molecule has 0 radical (unpaired) electrons. The summed E-state index contributed by atoms with van der Waals surface area (Å²) < 4.78 is 5.39. The number of H-pyrrole nitrogens is 1. The molecular formula is C15H21N3O. The SMILES string of the molecule is COc1ccc(C(C)(C)C)cc1NCc1cnc[nH]1. The first-order chi connectivity index (χ1) is 9.00. The maximum atomic E-state index is 5.39. The Labute approximate surface area is 114 Å². The van der Waals surface area contributed by atoms with E-state index in [1.54, 1.807) is 13.4 Å². The summed E-state index contributed by atoms with van der Waals surface area (Å²) in [6, 6.07) is 6.27. The molecular weight excluding hydrogens is 238 g/mol. The normalized spacial score (nSPS) is 11.4. The highest BCUT2D eigenvalue weighted by Gasteiger charge is 2.15. The topological polar surface area (TPSA) is 49.9 Å². The second-order valence-electron chi connectivity index (χ2n) is 5.60. The first kappa shape index (κ1) is 13.5. The minimum atomic E-state index is 0.122. The van der Waals surface area contributed by atoms with Gasteiger partial charge in [0, 0.05) is 6.20 Å². The van der Waals surface area contributed by atoms with E-state index in [9.17, 15) is 0 Å². The van der Waals surface area contributed by atoms with Crippen molar-refractivity contribution in [1.29, 1.82) is 0 Å². The van der Waals surface area contributed by atoms with Gasteiger partial charge in [-0.1, -0.05) is 26.8 Å². The number of hydrogen-bond donors (Lipinski definition) is 2. The van der Waals surface area contributed by atoms with Gasteiger partial charge in [0.15, 0.2) is 0 Å². The Balaban J connectivity index is 2.21. The number of nitrogens with one attached hydrogen (secondary N) is 2. The molecule has 0 bridgehead atoms. The highest BCUT2D eigenvalue weighted by atomic mass is 16.5. The second kappa shape index (κ2) is 5.34. The second-order valence-corrected chi connectivity index (χ2v) is 5.60. The first-order valence-electron chi connectivity index (χ1n) is 6.40. The molecule has 2 aromatic rings. The van der Waals surface area contributed by atoms with Crippen LogP contribution in [0.5, 0.6) is 5.75 Å². The highest BCUT2D eigenvalue weighted by molar-refractivity contribution is 5.59. The number of ether oxygens (including phenoxy) is 1. The van der Waals surface area contributed by atoms with Crippen molar-refractivity contribution in [2.75, 3.05) is 12.4 Å². The summed E-state index contributed by atoms with van der Waals surface area (Å²) in [6.07, 6.45) is 3.49.